The van der Waals surface area contributed by atoms with E-state index in [4.69, 9.17) is 10.8 Å². The molecule has 0 aliphatic rings. The average Bonchev–Trinajstić information content (AvgIpc) is 2.09. The number of hydrogen-bond acceptors (Lipinski definition) is 2. The molecule has 0 aliphatic heterocycles. The van der Waals surface area contributed by atoms with Crippen molar-refractivity contribution in [3.05, 3.63) is 35.6 Å². The lowest BCUT2D eigenvalue weighted by Crippen LogP contribution is -2.20. The second-order valence-corrected chi connectivity index (χ2v) is 2.68. The SMILES string of the molecule is NC[C@H](C(=O)O)c1ccc(F)cc1. The Morgan fingerprint density at radius 3 is 2.38 bits per heavy atom. The summed E-state index contributed by atoms with van der Waals surface area (Å²) in [5.41, 5.74) is 5.79. The number of rotatable bonds is 3. The number of nitrogens with two attached hydrogens (primary N) is 1. The van der Waals surface area contributed by atoms with E-state index in [1.165, 1.54) is 24.3 Å². The first-order valence-corrected chi connectivity index (χ1v) is 3.83. The van der Waals surface area contributed by atoms with Gasteiger partial charge in [-0.2, -0.15) is 0 Å². The van der Waals surface area contributed by atoms with Crippen LogP contribution in [0.15, 0.2) is 24.3 Å². The molecule has 0 saturated carbocycles. The predicted octanol–water partition coefficient (Wildman–Crippen LogP) is 0.953. The van der Waals surface area contributed by atoms with Gasteiger partial charge >= 0.3 is 5.97 Å². The van der Waals surface area contributed by atoms with Crippen molar-refractivity contribution >= 4 is 5.97 Å². The van der Waals surface area contributed by atoms with Gasteiger partial charge in [-0.3, -0.25) is 4.79 Å². The van der Waals surface area contributed by atoms with Gasteiger partial charge in [0.15, 0.2) is 0 Å². The lowest BCUT2D eigenvalue weighted by Gasteiger charge is -2.08. The molecule has 0 fully saturated rings. The smallest absolute Gasteiger partial charge is 0.312 e. The maximum atomic E-state index is 12.5. The van der Waals surface area contributed by atoms with E-state index in [9.17, 15) is 9.18 Å². The first-order chi connectivity index (χ1) is 6.15. The maximum absolute atomic E-state index is 12.5. The molecule has 0 bridgehead atoms. The Hall–Kier alpha value is -1.42. The minimum Gasteiger partial charge on any atom is -0.481 e. The third kappa shape index (κ3) is 2.26. The molecule has 0 spiro atoms. The fourth-order valence-corrected chi connectivity index (χ4v) is 1.07. The molecule has 4 heteroatoms. The first kappa shape index (κ1) is 9.67. The van der Waals surface area contributed by atoms with Crippen LogP contribution in [0, 0.1) is 5.82 Å². The average molecular weight is 183 g/mol. The van der Waals surface area contributed by atoms with E-state index in [0.717, 1.165) is 0 Å². The van der Waals surface area contributed by atoms with Gasteiger partial charge < -0.3 is 10.8 Å². The summed E-state index contributed by atoms with van der Waals surface area (Å²) in [7, 11) is 0. The van der Waals surface area contributed by atoms with E-state index in [0.29, 0.717) is 5.56 Å². The molecule has 0 unspecified atom stereocenters. The molecule has 0 saturated heterocycles. The molecule has 3 N–H and O–H groups in total. The van der Waals surface area contributed by atoms with Crippen LogP contribution in [-0.2, 0) is 4.79 Å². The minimum absolute atomic E-state index is 0.0148. The first-order valence-electron chi connectivity index (χ1n) is 3.83. The van der Waals surface area contributed by atoms with E-state index in [-0.39, 0.29) is 12.4 Å². The summed E-state index contributed by atoms with van der Waals surface area (Å²) >= 11 is 0. The summed E-state index contributed by atoms with van der Waals surface area (Å²) in [6.45, 7) is 0.0148. The monoisotopic (exact) mass is 183 g/mol. The number of benzene rings is 1. The Morgan fingerprint density at radius 1 is 1.46 bits per heavy atom. The van der Waals surface area contributed by atoms with Crippen LogP contribution in [0.2, 0.25) is 0 Å². The molecule has 0 amide bonds. The van der Waals surface area contributed by atoms with Crippen LogP contribution in [0.4, 0.5) is 4.39 Å². The fourth-order valence-electron chi connectivity index (χ4n) is 1.07. The van der Waals surface area contributed by atoms with Crippen molar-refractivity contribution in [1.29, 1.82) is 0 Å². The van der Waals surface area contributed by atoms with Crippen LogP contribution in [0.1, 0.15) is 11.5 Å². The van der Waals surface area contributed by atoms with E-state index in [1.54, 1.807) is 0 Å². The number of halogens is 1. The summed E-state index contributed by atoms with van der Waals surface area (Å²) in [4.78, 5) is 10.6. The van der Waals surface area contributed by atoms with Gasteiger partial charge in [-0.15, -0.1) is 0 Å². The highest BCUT2D eigenvalue weighted by Gasteiger charge is 2.17. The van der Waals surface area contributed by atoms with Gasteiger partial charge in [-0.25, -0.2) is 4.39 Å². The molecule has 70 valence electrons. The predicted molar refractivity (Wildman–Crippen MR) is 45.8 cm³/mol. The van der Waals surface area contributed by atoms with Crippen LogP contribution < -0.4 is 5.73 Å². The van der Waals surface area contributed by atoms with Crippen LogP contribution in [0.3, 0.4) is 0 Å². The second-order valence-electron chi connectivity index (χ2n) is 2.68. The molecule has 3 nitrogen and oxygen atoms in total. The summed E-state index contributed by atoms with van der Waals surface area (Å²) in [6.07, 6.45) is 0. The highest BCUT2D eigenvalue weighted by molar-refractivity contribution is 5.76. The van der Waals surface area contributed by atoms with Gasteiger partial charge in [0.2, 0.25) is 0 Å². The number of aliphatic carboxylic acids is 1. The highest BCUT2D eigenvalue weighted by Crippen LogP contribution is 2.14. The Bertz CT molecular complexity index is 297. The van der Waals surface area contributed by atoms with Crippen LogP contribution in [0.25, 0.3) is 0 Å². The molecular formula is C9H10FNO2. The maximum Gasteiger partial charge on any atom is 0.312 e. The summed E-state index contributed by atoms with van der Waals surface area (Å²) in [5.74, 6) is -2.13. The van der Waals surface area contributed by atoms with Crippen LogP contribution in [0.5, 0.6) is 0 Å². The van der Waals surface area contributed by atoms with Crippen molar-refractivity contribution in [2.24, 2.45) is 5.73 Å². The lowest BCUT2D eigenvalue weighted by molar-refractivity contribution is -0.138. The molecule has 0 radical (unpaired) electrons. The number of carboxylic acid groups (broad SMARTS) is 1. The van der Waals surface area contributed by atoms with Crippen molar-refractivity contribution in [2.75, 3.05) is 6.54 Å². The van der Waals surface area contributed by atoms with Crippen molar-refractivity contribution in [3.8, 4) is 0 Å². The summed E-state index contributed by atoms with van der Waals surface area (Å²) in [5, 5.41) is 8.72. The second kappa shape index (κ2) is 4.00. The fraction of sp³-hybridized carbons (Fsp3) is 0.222. The molecule has 0 heterocycles. The zero-order valence-corrected chi connectivity index (χ0v) is 6.90. The molecular weight excluding hydrogens is 173 g/mol. The van der Waals surface area contributed by atoms with E-state index in [2.05, 4.69) is 0 Å². The zero-order chi connectivity index (χ0) is 9.84. The van der Waals surface area contributed by atoms with E-state index >= 15 is 0 Å². The Balaban J connectivity index is 2.92. The third-order valence-electron chi connectivity index (χ3n) is 1.81. The van der Waals surface area contributed by atoms with Crippen LogP contribution >= 0.6 is 0 Å². The van der Waals surface area contributed by atoms with E-state index in [1.807, 2.05) is 0 Å². The molecule has 0 aromatic heterocycles. The Labute approximate surface area is 75.0 Å². The van der Waals surface area contributed by atoms with Gasteiger partial charge in [0.25, 0.3) is 0 Å². The normalized spacial score (nSPS) is 12.5. The number of carboxylic acids is 1. The van der Waals surface area contributed by atoms with Gasteiger partial charge in [-0.1, -0.05) is 12.1 Å². The van der Waals surface area contributed by atoms with Gasteiger partial charge in [0, 0.05) is 6.54 Å². The molecule has 13 heavy (non-hydrogen) atoms. The summed E-state index contributed by atoms with van der Waals surface area (Å²) in [6, 6.07) is 5.31. The molecule has 1 aromatic rings. The van der Waals surface area contributed by atoms with Gasteiger partial charge in [-0.05, 0) is 17.7 Å². The zero-order valence-electron chi connectivity index (χ0n) is 6.90. The standard InChI is InChI=1S/C9H10FNO2/c10-7-3-1-6(2-4-7)8(5-11)9(12)13/h1-4,8H,5,11H2,(H,12,13)/t8-/m0/s1. The Morgan fingerprint density at radius 2 is 2.00 bits per heavy atom. The van der Waals surface area contributed by atoms with E-state index < -0.39 is 11.9 Å². The highest BCUT2D eigenvalue weighted by atomic mass is 19.1. The van der Waals surface area contributed by atoms with Crippen molar-refractivity contribution in [3.63, 3.8) is 0 Å². The molecule has 0 aliphatic carbocycles. The van der Waals surface area contributed by atoms with Crippen LogP contribution in [-0.4, -0.2) is 17.6 Å². The van der Waals surface area contributed by atoms with Crippen molar-refractivity contribution < 1.29 is 14.3 Å². The minimum atomic E-state index is -0.992. The topological polar surface area (TPSA) is 63.3 Å². The largest absolute Gasteiger partial charge is 0.481 e. The molecule has 1 aromatic carbocycles. The van der Waals surface area contributed by atoms with Crippen molar-refractivity contribution in [2.45, 2.75) is 5.92 Å². The molecule has 1 rings (SSSR count). The molecule has 1 atom stereocenters. The van der Waals surface area contributed by atoms with Gasteiger partial charge in [0.05, 0.1) is 5.92 Å². The number of hydrogen-bond donors (Lipinski definition) is 2. The Kier molecular flexibility index (Phi) is 2.97. The van der Waals surface area contributed by atoms with Crippen molar-refractivity contribution in [1.82, 2.24) is 0 Å². The summed E-state index contributed by atoms with van der Waals surface area (Å²) < 4.78 is 12.5. The lowest BCUT2D eigenvalue weighted by atomic mass is 10.00. The third-order valence-corrected chi connectivity index (χ3v) is 1.81. The quantitative estimate of drug-likeness (QED) is 0.733. The number of carbonyl (C=O) groups is 1. The van der Waals surface area contributed by atoms with Gasteiger partial charge in [0.1, 0.15) is 5.82 Å².